The zero-order valence-electron chi connectivity index (χ0n) is 10.2. The zero-order chi connectivity index (χ0) is 10.8. The minimum Gasteiger partial charge on any atom is -0.337 e. The first-order valence-corrected chi connectivity index (χ1v) is 6.27. The van der Waals surface area contributed by atoms with Gasteiger partial charge in [-0.25, -0.2) is 0 Å². The van der Waals surface area contributed by atoms with Gasteiger partial charge in [0.15, 0.2) is 0 Å². The van der Waals surface area contributed by atoms with E-state index in [9.17, 15) is 4.79 Å². The van der Waals surface area contributed by atoms with Crippen LogP contribution in [0.1, 0.15) is 39.5 Å². The van der Waals surface area contributed by atoms with Crippen LogP contribution in [0.3, 0.4) is 0 Å². The molecule has 0 spiro atoms. The van der Waals surface area contributed by atoms with Crippen molar-refractivity contribution in [2.45, 2.75) is 51.6 Å². The Morgan fingerprint density at radius 1 is 1.38 bits per heavy atom. The van der Waals surface area contributed by atoms with Gasteiger partial charge >= 0.3 is 0 Å². The summed E-state index contributed by atoms with van der Waals surface area (Å²) in [6.45, 7) is 6.28. The normalized spacial score (nSPS) is 33.9. The Balaban J connectivity index is 0.00000128. The summed E-state index contributed by atoms with van der Waals surface area (Å²) in [6, 6.07) is 0.969. The summed E-state index contributed by atoms with van der Waals surface area (Å²) >= 11 is 0. The smallest absolute Gasteiger partial charge is 0.227 e. The summed E-state index contributed by atoms with van der Waals surface area (Å²) in [5.74, 6) is 0.649. The van der Waals surface area contributed by atoms with Crippen molar-refractivity contribution in [3.8, 4) is 0 Å². The van der Waals surface area contributed by atoms with E-state index in [2.05, 4.69) is 24.1 Å². The van der Waals surface area contributed by atoms with Gasteiger partial charge in [-0.05, 0) is 39.2 Å². The quantitative estimate of drug-likeness (QED) is 0.806. The van der Waals surface area contributed by atoms with Crippen molar-refractivity contribution >= 4 is 18.3 Å². The molecule has 0 aliphatic carbocycles. The van der Waals surface area contributed by atoms with Crippen LogP contribution in [0.5, 0.6) is 0 Å². The van der Waals surface area contributed by atoms with E-state index >= 15 is 0 Å². The van der Waals surface area contributed by atoms with Crippen molar-refractivity contribution in [3.63, 3.8) is 0 Å². The van der Waals surface area contributed by atoms with E-state index in [4.69, 9.17) is 0 Å². The Morgan fingerprint density at radius 2 is 2.12 bits per heavy atom. The summed E-state index contributed by atoms with van der Waals surface area (Å²) in [5.41, 5.74) is 0. The molecule has 2 saturated heterocycles. The average molecular weight is 247 g/mol. The Bertz CT molecular complexity index is 241. The molecule has 0 radical (unpaired) electrons. The lowest BCUT2D eigenvalue weighted by atomic mass is 10.1. The van der Waals surface area contributed by atoms with Gasteiger partial charge in [0, 0.05) is 18.6 Å². The lowest BCUT2D eigenvalue weighted by Crippen LogP contribution is -2.43. The highest BCUT2D eigenvalue weighted by atomic mass is 35.5. The van der Waals surface area contributed by atoms with Crippen LogP contribution in [-0.4, -0.2) is 36.0 Å². The van der Waals surface area contributed by atoms with Gasteiger partial charge in [0.1, 0.15) is 0 Å². The highest BCUT2D eigenvalue weighted by Crippen LogP contribution is 2.28. The van der Waals surface area contributed by atoms with Crippen molar-refractivity contribution in [3.05, 3.63) is 0 Å². The highest BCUT2D eigenvalue weighted by molar-refractivity contribution is 5.85. The Kier molecular flexibility index (Phi) is 5.06. The number of hydrogen-bond donors (Lipinski definition) is 1. The van der Waals surface area contributed by atoms with Gasteiger partial charge in [0.25, 0.3) is 0 Å². The van der Waals surface area contributed by atoms with Crippen LogP contribution in [0.4, 0.5) is 0 Å². The highest BCUT2D eigenvalue weighted by Gasteiger charge is 2.37. The van der Waals surface area contributed by atoms with Gasteiger partial charge in [-0.15, -0.1) is 12.4 Å². The first kappa shape index (κ1) is 13.8. The predicted molar refractivity (Wildman–Crippen MR) is 67.8 cm³/mol. The average Bonchev–Trinajstić information content (AvgIpc) is 2.85. The molecule has 0 aromatic carbocycles. The van der Waals surface area contributed by atoms with Crippen molar-refractivity contribution < 1.29 is 4.79 Å². The number of rotatable bonds is 2. The molecule has 2 aliphatic heterocycles. The van der Waals surface area contributed by atoms with Gasteiger partial charge in [-0.1, -0.05) is 6.92 Å². The van der Waals surface area contributed by atoms with Gasteiger partial charge in [-0.2, -0.15) is 0 Å². The van der Waals surface area contributed by atoms with E-state index in [0.29, 0.717) is 18.0 Å². The predicted octanol–water partition coefficient (Wildman–Crippen LogP) is 1.81. The molecule has 1 N–H and O–H groups in total. The number of carbonyl (C=O) groups is 1. The summed E-state index contributed by atoms with van der Waals surface area (Å²) in [6.07, 6.45) is 4.52. The molecular formula is C12H23ClN2O. The van der Waals surface area contributed by atoms with Gasteiger partial charge in [-0.3, -0.25) is 4.79 Å². The molecule has 0 aromatic heterocycles. The monoisotopic (exact) mass is 246 g/mol. The van der Waals surface area contributed by atoms with Crippen LogP contribution < -0.4 is 5.32 Å². The topological polar surface area (TPSA) is 32.3 Å². The van der Waals surface area contributed by atoms with Crippen LogP contribution in [-0.2, 0) is 4.79 Å². The fourth-order valence-electron chi connectivity index (χ4n) is 2.95. The molecule has 2 fully saturated rings. The molecule has 2 rings (SSSR count). The third-order valence-electron chi connectivity index (χ3n) is 3.92. The van der Waals surface area contributed by atoms with E-state index in [-0.39, 0.29) is 18.3 Å². The fraction of sp³-hybridized carbons (Fsp3) is 0.917. The van der Waals surface area contributed by atoms with Crippen molar-refractivity contribution in [1.82, 2.24) is 10.2 Å². The number of halogens is 1. The standard InChI is InChI=1S/C12H22N2O.ClH/c1-3-11-5-4-9(2)14(11)12(15)10-6-7-13-8-10;/h9-11,13H,3-8H2,1-2H3;1H. The van der Waals surface area contributed by atoms with E-state index < -0.39 is 0 Å². The van der Waals surface area contributed by atoms with Gasteiger partial charge in [0.05, 0.1) is 5.92 Å². The molecule has 16 heavy (non-hydrogen) atoms. The van der Waals surface area contributed by atoms with E-state index in [0.717, 1.165) is 25.9 Å². The largest absolute Gasteiger partial charge is 0.337 e. The zero-order valence-corrected chi connectivity index (χ0v) is 11.1. The maximum Gasteiger partial charge on any atom is 0.227 e. The fourth-order valence-corrected chi connectivity index (χ4v) is 2.95. The summed E-state index contributed by atoms with van der Waals surface area (Å²) < 4.78 is 0. The first-order chi connectivity index (χ1) is 7.24. The molecule has 2 aliphatic rings. The third-order valence-corrected chi connectivity index (χ3v) is 3.92. The van der Waals surface area contributed by atoms with E-state index in [1.54, 1.807) is 0 Å². The summed E-state index contributed by atoms with van der Waals surface area (Å²) in [5, 5.41) is 3.28. The Hall–Kier alpha value is -0.280. The molecule has 0 saturated carbocycles. The molecule has 0 aromatic rings. The Morgan fingerprint density at radius 3 is 2.69 bits per heavy atom. The van der Waals surface area contributed by atoms with Crippen LogP contribution in [0.25, 0.3) is 0 Å². The minimum atomic E-state index is 0. The van der Waals surface area contributed by atoms with Gasteiger partial charge < -0.3 is 10.2 Å². The number of nitrogens with zero attached hydrogens (tertiary/aromatic N) is 1. The van der Waals surface area contributed by atoms with Crippen molar-refractivity contribution in [1.29, 1.82) is 0 Å². The summed E-state index contributed by atoms with van der Waals surface area (Å²) in [7, 11) is 0. The first-order valence-electron chi connectivity index (χ1n) is 6.27. The number of hydrogen-bond acceptors (Lipinski definition) is 2. The summed E-state index contributed by atoms with van der Waals surface area (Å²) in [4.78, 5) is 14.5. The van der Waals surface area contributed by atoms with Crippen LogP contribution in [0, 0.1) is 5.92 Å². The second kappa shape index (κ2) is 5.87. The van der Waals surface area contributed by atoms with Crippen molar-refractivity contribution in [2.24, 2.45) is 5.92 Å². The third kappa shape index (κ3) is 2.51. The van der Waals surface area contributed by atoms with Crippen LogP contribution in [0.2, 0.25) is 0 Å². The molecule has 3 unspecified atom stereocenters. The number of nitrogens with one attached hydrogen (secondary N) is 1. The SMILES string of the molecule is CCC1CCC(C)N1C(=O)C1CCNC1.Cl. The maximum absolute atomic E-state index is 12.3. The van der Waals surface area contributed by atoms with Crippen LogP contribution >= 0.6 is 12.4 Å². The molecule has 94 valence electrons. The number of likely N-dealkylation sites (tertiary alicyclic amines) is 1. The maximum atomic E-state index is 12.3. The van der Waals surface area contributed by atoms with E-state index in [1.807, 2.05) is 0 Å². The second-order valence-electron chi connectivity index (χ2n) is 4.92. The minimum absolute atomic E-state index is 0. The Labute approximate surface area is 104 Å². The van der Waals surface area contributed by atoms with Crippen molar-refractivity contribution in [2.75, 3.05) is 13.1 Å². The molecule has 4 heteroatoms. The number of amides is 1. The molecule has 3 atom stereocenters. The number of carbonyl (C=O) groups excluding carboxylic acids is 1. The van der Waals surface area contributed by atoms with Crippen LogP contribution in [0.15, 0.2) is 0 Å². The molecule has 1 amide bonds. The molecule has 2 heterocycles. The van der Waals surface area contributed by atoms with Gasteiger partial charge in [0.2, 0.25) is 5.91 Å². The molecule has 3 nitrogen and oxygen atoms in total. The molecular weight excluding hydrogens is 224 g/mol. The lowest BCUT2D eigenvalue weighted by molar-refractivity contribution is -0.137. The second-order valence-corrected chi connectivity index (χ2v) is 4.92. The lowest BCUT2D eigenvalue weighted by Gasteiger charge is -2.30. The van der Waals surface area contributed by atoms with E-state index in [1.165, 1.54) is 12.8 Å². The molecule has 0 bridgehead atoms.